The minimum Gasteiger partial charge on any atom is -0.397 e. The molecule has 19 heavy (non-hydrogen) atoms. The van der Waals surface area contributed by atoms with E-state index in [-0.39, 0.29) is 23.5 Å². The van der Waals surface area contributed by atoms with Crippen molar-refractivity contribution in [2.45, 2.75) is 18.3 Å². The summed E-state index contributed by atoms with van der Waals surface area (Å²) in [5, 5.41) is 20.7. The fourth-order valence-electron chi connectivity index (χ4n) is 1.25. The third-order valence-electron chi connectivity index (χ3n) is 2.39. The van der Waals surface area contributed by atoms with E-state index < -0.39 is 6.10 Å². The van der Waals surface area contributed by atoms with Crippen LogP contribution in [0.1, 0.15) is 6.92 Å². The van der Waals surface area contributed by atoms with Gasteiger partial charge in [-0.05, 0) is 25.1 Å². The van der Waals surface area contributed by atoms with Gasteiger partial charge in [-0.3, -0.25) is 4.79 Å². The number of thioether (sulfide) groups is 1. The Hall–Kier alpha value is -0.950. The lowest BCUT2D eigenvalue weighted by Gasteiger charge is -2.14. The zero-order valence-electron chi connectivity index (χ0n) is 10.5. The Morgan fingerprint density at radius 3 is 2.89 bits per heavy atom. The van der Waals surface area contributed by atoms with Crippen LogP contribution < -0.4 is 11.1 Å². The van der Waals surface area contributed by atoms with Gasteiger partial charge in [0, 0.05) is 10.8 Å². The van der Waals surface area contributed by atoms with E-state index in [1.54, 1.807) is 25.1 Å². The first-order chi connectivity index (χ1) is 8.93. The summed E-state index contributed by atoms with van der Waals surface area (Å²) in [4.78, 5) is 11.9. The van der Waals surface area contributed by atoms with Crippen molar-refractivity contribution in [2.24, 2.45) is 0 Å². The summed E-state index contributed by atoms with van der Waals surface area (Å²) < 4.78 is 0. The van der Waals surface area contributed by atoms with Crippen LogP contribution in [0.2, 0.25) is 5.02 Å². The molecular formula is C12H17ClN2O3S. The SMILES string of the molecule is CC(SCC(O)CO)C(=O)Nc1cc(Cl)ccc1N. The summed E-state index contributed by atoms with van der Waals surface area (Å²) in [6.45, 7) is 1.40. The summed E-state index contributed by atoms with van der Waals surface area (Å²) in [6, 6.07) is 4.84. The first-order valence-electron chi connectivity index (χ1n) is 5.70. The topological polar surface area (TPSA) is 95.6 Å². The molecule has 0 aliphatic carbocycles. The highest BCUT2D eigenvalue weighted by molar-refractivity contribution is 8.00. The molecule has 0 fully saturated rings. The standard InChI is InChI=1S/C12H17ClN2O3S/c1-7(19-6-9(17)5-16)12(18)15-11-4-8(13)2-3-10(11)14/h2-4,7,9,16-17H,5-6,14H2,1H3,(H,15,18). The molecule has 2 atom stereocenters. The third kappa shape index (κ3) is 5.28. The lowest BCUT2D eigenvalue weighted by molar-refractivity contribution is -0.115. The van der Waals surface area contributed by atoms with Gasteiger partial charge in [-0.15, -0.1) is 11.8 Å². The molecule has 0 spiro atoms. The Bertz CT molecular complexity index is 445. The van der Waals surface area contributed by atoms with E-state index in [0.29, 0.717) is 16.4 Å². The fraction of sp³-hybridized carbons (Fsp3) is 0.417. The lowest BCUT2D eigenvalue weighted by atomic mass is 10.2. The minimum atomic E-state index is -0.823. The molecule has 7 heteroatoms. The molecule has 0 aliphatic rings. The van der Waals surface area contributed by atoms with Crippen LogP contribution in [-0.4, -0.2) is 39.8 Å². The van der Waals surface area contributed by atoms with Crippen LogP contribution in [-0.2, 0) is 4.79 Å². The lowest BCUT2D eigenvalue weighted by Crippen LogP contribution is -2.25. The molecule has 1 aromatic carbocycles. The number of hydrogen-bond donors (Lipinski definition) is 4. The van der Waals surface area contributed by atoms with Crippen molar-refractivity contribution in [1.29, 1.82) is 0 Å². The van der Waals surface area contributed by atoms with E-state index in [9.17, 15) is 9.90 Å². The third-order valence-corrected chi connectivity index (χ3v) is 3.92. The molecule has 0 saturated carbocycles. The first-order valence-corrected chi connectivity index (χ1v) is 7.13. The number of amides is 1. The average Bonchev–Trinajstić information content (AvgIpc) is 2.39. The fourth-order valence-corrected chi connectivity index (χ4v) is 2.25. The summed E-state index contributed by atoms with van der Waals surface area (Å²) in [5.74, 6) is 0.0555. The maximum Gasteiger partial charge on any atom is 0.237 e. The van der Waals surface area contributed by atoms with Gasteiger partial charge in [0.1, 0.15) is 0 Å². The number of rotatable bonds is 6. The number of aliphatic hydroxyl groups is 2. The number of halogens is 1. The summed E-state index contributed by atoms with van der Waals surface area (Å²) in [7, 11) is 0. The molecule has 0 radical (unpaired) electrons. The predicted octanol–water partition coefficient (Wildman–Crippen LogP) is 1.34. The van der Waals surface area contributed by atoms with Crippen molar-refractivity contribution in [3.8, 4) is 0 Å². The average molecular weight is 305 g/mol. The number of benzene rings is 1. The van der Waals surface area contributed by atoms with Gasteiger partial charge in [0.05, 0.1) is 29.3 Å². The number of carbonyl (C=O) groups is 1. The largest absolute Gasteiger partial charge is 0.397 e. The summed E-state index contributed by atoms with van der Waals surface area (Å²) in [5.41, 5.74) is 6.63. The van der Waals surface area contributed by atoms with E-state index in [2.05, 4.69) is 5.32 Å². The van der Waals surface area contributed by atoms with E-state index in [0.717, 1.165) is 0 Å². The van der Waals surface area contributed by atoms with Crippen molar-refractivity contribution in [3.63, 3.8) is 0 Å². The number of aliphatic hydroxyl groups excluding tert-OH is 2. The Morgan fingerprint density at radius 2 is 2.26 bits per heavy atom. The highest BCUT2D eigenvalue weighted by atomic mass is 35.5. The zero-order valence-corrected chi connectivity index (χ0v) is 12.0. The molecule has 0 aromatic heterocycles. The number of nitrogens with one attached hydrogen (secondary N) is 1. The van der Waals surface area contributed by atoms with E-state index in [1.165, 1.54) is 11.8 Å². The van der Waals surface area contributed by atoms with Crippen molar-refractivity contribution in [1.82, 2.24) is 0 Å². The van der Waals surface area contributed by atoms with Gasteiger partial charge in [-0.25, -0.2) is 0 Å². The van der Waals surface area contributed by atoms with Crippen LogP contribution in [0, 0.1) is 0 Å². The van der Waals surface area contributed by atoms with E-state index in [1.807, 2.05) is 0 Å². The Morgan fingerprint density at radius 1 is 1.58 bits per heavy atom. The number of nitrogen functional groups attached to an aromatic ring is 1. The zero-order chi connectivity index (χ0) is 14.4. The molecular weight excluding hydrogens is 288 g/mol. The normalized spacial score (nSPS) is 13.9. The maximum atomic E-state index is 11.9. The van der Waals surface area contributed by atoms with Crippen LogP contribution in [0.4, 0.5) is 11.4 Å². The Balaban J connectivity index is 2.56. The second kappa shape index (κ2) is 7.59. The van der Waals surface area contributed by atoms with Crippen LogP contribution in [0.25, 0.3) is 0 Å². The highest BCUT2D eigenvalue weighted by Gasteiger charge is 2.16. The van der Waals surface area contributed by atoms with Crippen molar-refractivity contribution < 1.29 is 15.0 Å². The molecule has 106 valence electrons. The quantitative estimate of drug-likeness (QED) is 0.595. The van der Waals surface area contributed by atoms with Gasteiger partial charge in [-0.2, -0.15) is 0 Å². The monoisotopic (exact) mass is 304 g/mol. The van der Waals surface area contributed by atoms with Gasteiger partial charge in [0.15, 0.2) is 0 Å². The highest BCUT2D eigenvalue weighted by Crippen LogP contribution is 2.24. The second-order valence-corrected chi connectivity index (χ2v) is 5.84. The molecule has 5 nitrogen and oxygen atoms in total. The molecule has 2 unspecified atom stereocenters. The van der Waals surface area contributed by atoms with Crippen molar-refractivity contribution in [3.05, 3.63) is 23.2 Å². The van der Waals surface area contributed by atoms with Crippen molar-refractivity contribution in [2.75, 3.05) is 23.4 Å². The molecule has 0 bridgehead atoms. The molecule has 1 aromatic rings. The molecule has 0 heterocycles. The van der Waals surface area contributed by atoms with Crippen LogP contribution in [0.3, 0.4) is 0 Å². The summed E-state index contributed by atoms with van der Waals surface area (Å²) >= 11 is 7.08. The first kappa shape index (κ1) is 16.1. The number of carbonyl (C=O) groups excluding carboxylic acids is 1. The Kier molecular flexibility index (Phi) is 6.44. The van der Waals surface area contributed by atoms with Crippen molar-refractivity contribution >= 4 is 40.6 Å². The molecule has 0 saturated heterocycles. The minimum absolute atomic E-state index is 0.232. The van der Waals surface area contributed by atoms with Gasteiger partial charge in [0.2, 0.25) is 5.91 Å². The van der Waals surface area contributed by atoms with Gasteiger partial charge in [0.25, 0.3) is 0 Å². The number of hydrogen-bond acceptors (Lipinski definition) is 5. The molecule has 5 N–H and O–H groups in total. The number of nitrogens with two attached hydrogens (primary N) is 1. The maximum absolute atomic E-state index is 11.9. The molecule has 1 amide bonds. The van der Waals surface area contributed by atoms with Gasteiger partial charge >= 0.3 is 0 Å². The van der Waals surface area contributed by atoms with E-state index >= 15 is 0 Å². The van der Waals surface area contributed by atoms with Crippen LogP contribution >= 0.6 is 23.4 Å². The van der Waals surface area contributed by atoms with Crippen LogP contribution in [0.5, 0.6) is 0 Å². The predicted molar refractivity (Wildman–Crippen MR) is 79.5 cm³/mol. The van der Waals surface area contributed by atoms with Gasteiger partial charge in [-0.1, -0.05) is 11.6 Å². The molecule has 1 rings (SSSR count). The smallest absolute Gasteiger partial charge is 0.237 e. The summed E-state index contributed by atoms with van der Waals surface area (Å²) in [6.07, 6.45) is -0.823. The second-order valence-electron chi connectivity index (χ2n) is 4.03. The van der Waals surface area contributed by atoms with E-state index in [4.69, 9.17) is 22.4 Å². The van der Waals surface area contributed by atoms with Gasteiger partial charge < -0.3 is 21.3 Å². The number of anilines is 2. The van der Waals surface area contributed by atoms with Crippen LogP contribution in [0.15, 0.2) is 18.2 Å². The Labute approximate surface area is 121 Å². The molecule has 0 aliphatic heterocycles.